The lowest BCUT2D eigenvalue weighted by Gasteiger charge is -2.37. The number of carbonyl (C=O) groups is 1. The maximum atomic E-state index is 12.8. The first-order chi connectivity index (χ1) is 12.2. The molecule has 3 rings (SSSR count). The van der Waals surface area contributed by atoms with E-state index in [-0.39, 0.29) is 18.3 Å². The molecule has 6 nitrogen and oxygen atoms in total. The first-order valence-corrected chi connectivity index (χ1v) is 9.15. The standard InChI is InChI=1S/C19H29N3O3.ClH/c1-24-17-4-3-16(13-18(17)25-2)19(23)22-11-9-21(10-12-22)14-15-5-7-20-8-6-15;/h3-4,13,15,20H,5-12,14H2,1-2H3;1H. The summed E-state index contributed by atoms with van der Waals surface area (Å²) >= 11 is 0. The van der Waals surface area contributed by atoms with Crippen molar-refractivity contribution >= 4 is 18.3 Å². The van der Waals surface area contributed by atoms with Crippen molar-refractivity contribution in [3.05, 3.63) is 23.8 Å². The summed E-state index contributed by atoms with van der Waals surface area (Å²) in [6.45, 7) is 6.95. The fourth-order valence-electron chi connectivity index (χ4n) is 3.71. The van der Waals surface area contributed by atoms with Crippen molar-refractivity contribution in [3.8, 4) is 11.5 Å². The molecular formula is C19H30ClN3O3. The van der Waals surface area contributed by atoms with E-state index in [0.717, 1.165) is 45.2 Å². The molecule has 2 aliphatic rings. The van der Waals surface area contributed by atoms with Gasteiger partial charge in [-0.1, -0.05) is 0 Å². The van der Waals surface area contributed by atoms with Gasteiger partial charge in [-0.25, -0.2) is 0 Å². The van der Waals surface area contributed by atoms with Gasteiger partial charge in [0.25, 0.3) is 5.91 Å². The van der Waals surface area contributed by atoms with Gasteiger partial charge in [0, 0.05) is 38.3 Å². The van der Waals surface area contributed by atoms with Gasteiger partial charge in [-0.2, -0.15) is 0 Å². The Bertz CT molecular complexity index is 585. The van der Waals surface area contributed by atoms with Crippen molar-refractivity contribution in [3.63, 3.8) is 0 Å². The number of methoxy groups -OCH3 is 2. The van der Waals surface area contributed by atoms with Crippen LogP contribution in [0.1, 0.15) is 23.2 Å². The minimum Gasteiger partial charge on any atom is -0.493 e. The van der Waals surface area contributed by atoms with Gasteiger partial charge in [-0.05, 0) is 50.0 Å². The van der Waals surface area contributed by atoms with Crippen LogP contribution in [0.25, 0.3) is 0 Å². The molecule has 7 heteroatoms. The molecule has 1 aromatic carbocycles. The van der Waals surface area contributed by atoms with E-state index < -0.39 is 0 Å². The van der Waals surface area contributed by atoms with Crippen molar-refractivity contribution in [2.75, 3.05) is 60.0 Å². The quantitative estimate of drug-likeness (QED) is 0.841. The van der Waals surface area contributed by atoms with Crippen LogP contribution in [0, 0.1) is 5.92 Å². The summed E-state index contributed by atoms with van der Waals surface area (Å²) in [6.07, 6.45) is 2.54. The largest absolute Gasteiger partial charge is 0.493 e. The normalized spacial score (nSPS) is 18.9. The topological polar surface area (TPSA) is 54.0 Å². The highest BCUT2D eigenvalue weighted by Gasteiger charge is 2.25. The minimum atomic E-state index is 0. The summed E-state index contributed by atoms with van der Waals surface area (Å²) in [4.78, 5) is 17.2. The number of ether oxygens (including phenoxy) is 2. The van der Waals surface area contributed by atoms with Crippen molar-refractivity contribution < 1.29 is 14.3 Å². The maximum absolute atomic E-state index is 12.8. The SMILES string of the molecule is COc1ccc(C(=O)N2CCN(CC3CCNCC3)CC2)cc1OC.Cl. The third-order valence-electron chi connectivity index (χ3n) is 5.27. The molecule has 0 bridgehead atoms. The predicted molar refractivity (Wildman–Crippen MR) is 105 cm³/mol. The molecule has 1 aromatic rings. The minimum absolute atomic E-state index is 0. The van der Waals surface area contributed by atoms with Gasteiger partial charge in [0.1, 0.15) is 0 Å². The zero-order valence-corrected chi connectivity index (χ0v) is 16.5. The lowest BCUT2D eigenvalue weighted by molar-refractivity contribution is 0.0608. The van der Waals surface area contributed by atoms with E-state index in [1.54, 1.807) is 26.4 Å². The Hall–Kier alpha value is -1.50. The molecule has 2 heterocycles. The Labute approximate surface area is 162 Å². The van der Waals surface area contributed by atoms with E-state index in [9.17, 15) is 4.79 Å². The van der Waals surface area contributed by atoms with Crippen LogP contribution in [0.5, 0.6) is 11.5 Å². The molecule has 0 spiro atoms. The fraction of sp³-hybridized carbons (Fsp3) is 0.632. The van der Waals surface area contributed by atoms with E-state index in [4.69, 9.17) is 9.47 Å². The van der Waals surface area contributed by atoms with Crippen LogP contribution in [-0.2, 0) is 0 Å². The zero-order chi connectivity index (χ0) is 17.6. The van der Waals surface area contributed by atoms with E-state index in [2.05, 4.69) is 10.2 Å². The predicted octanol–water partition coefficient (Wildman–Crippen LogP) is 1.88. The number of amides is 1. The number of hydrogen-bond acceptors (Lipinski definition) is 5. The number of nitrogens with zero attached hydrogens (tertiary/aromatic N) is 2. The molecule has 0 aliphatic carbocycles. The number of benzene rings is 1. The molecule has 2 fully saturated rings. The smallest absolute Gasteiger partial charge is 0.254 e. The first kappa shape index (κ1) is 20.8. The van der Waals surface area contributed by atoms with Gasteiger partial charge in [0.05, 0.1) is 14.2 Å². The van der Waals surface area contributed by atoms with Crippen LogP contribution in [0.3, 0.4) is 0 Å². The Balaban J connectivity index is 0.00000243. The summed E-state index contributed by atoms with van der Waals surface area (Å²) < 4.78 is 10.5. The second-order valence-electron chi connectivity index (χ2n) is 6.86. The molecule has 0 saturated carbocycles. The van der Waals surface area contributed by atoms with Gasteiger partial charge in [-0.15, -0.1) is 12.4 Å². The second-order valence-corrected chi connectivity index (χ2v) is 6.86. The highest BCUT2D eigenvalue weighted by Crippen LogP contribution is 2.28. The van der Waals surface area contributed by atoms with E-state index in [1.165, 1.54) is 19.4 Å². The van der Waals surface area contributed by atoms with Crippen molar-refractivity contribution in [1.29, 1.82) is 0 Å². The van der Waals surface area contributed by atoms with Crippen LogP contribution in [0.2, 0.25) is 0 Å². The molecule has 2 saturated heterocycles. The molecule has 1 N–H and O–H groups in total. The first-order valence-electron chi connectivity index (χ1n) is 9.15. The van der Waals surface area contributed by atoms with Crippen LogP contribution in [0.15, 0.2) is 18.2 Å². The molecule has 146 valence electrons. The highest BCUT2D eigenvalue weighted by atomic mass is 35.5. The second kappa shape index (κ2) is 10.00. The van der Waals surface area contributed by atoms with Gasteiger partial charge in [0.15, 0.2) is 11.5 Å². The lowest BCUT2D eigenvalue weighted by Crippen LogP contribution is -2.50. The van der Waals surface area contributed by atoms with E-state index >= 15 is 0 Å². The Kier molecular flexibility index (Phi) is 8.00. The average Bonchev–Trinajstić information content (AvgIpc) is 2.68. The summed E-state index contributed by atoms with van der Waals surface area (Å²) in [6, 6.07) is 5.37. The van der Waals surface area contributed by atoms with Crippen molar-refractivity contribution in [2.45, 2.75) is 12.8 Å². The molecule has 1 amide bonds. The third kappa shape index (κ3) is 5.02. The van der Waals surface area contributed by atoms with Crippen molar-refractivity contribution in [2.24, 2.45) is 5.92 Å². The number of nitrogens with one attached hydrogen (secondary N) is 1. The Morgan fingerprint density at radius 3 is 2.35 bits per heavy atom. The molecular weight excluding hydrogens is 354 g/mol. The van der Waals surface area contributed by atoms with Crippen LogP contribution in [-0.4, -0.2) is 75.7 Å². The summed E-state index contributed by atoms with van der Waals surface area (Å²) in [5.74, 6) is 2.11. The zero-order valence-electron chi connectivity index (χ0n) is 15.7. The number of carbonyl (C=O) groups excluding carboxylic acids is 1. The van der Waals surface area contributed by atoms with Gasteiger partial charge >= 0.3 is 0 Å². The highest BCUT2D eigenvalue weighted by molar-refractivity contribution is 5.95. The summed E-state index contributed by atoms with van der Waals surface area (Å²) in [7, 11) is 3.19. The molecule has 0 unspecified atom stereocenters. The number of hydrogen-bond donors (Lipinski definition) is 1. The van der Waals surface area contributed by atoms with E-state index in [0.29, 0.717) is 17.1 Å². The lowest BCUT2D eigenvalue weighted by atomic mass is 9.97. The number of halogens is 1. The molecule has 0 atom stereocenters. The van der Waals surface area contributed by atoms with Crippen LogP contribution >= 0.6 is 12.4 Å². The monoisotopic (exact) mass is 383 g/mol. The Morgan fingerprint density at radius 2 is 1.73 bits per heavy atom. The molecule has 2 aliphatic heterocycles. The molecule has 0 aromatic heterocycles. The molecule has 26 heavy (non-hydrogen) atoms. The molecule has 0 radical (unpaired) electrons. The average molecular weight is 384 g/mol. The van der Waals surface area contributed by atoms with Crippen LogP contribution in [0.4, 0.5) is 0 Å². The fourth-order valence-corrected chi connectivity index (χ4v) is 3.71. The van der Waals surface area contributed by atoms with Crippen molar-refractivity contribution in [1.82, 2.24) is 15.1 Å². The maximum Gasteiger partial charge on any atom is 0.254 e. The Morgan fingerprint density at radius 1 is 1.08 bits per heavy atom. The third-order valence-corrected chi connectivity index (χ3v) is 5.27. The van der Waals surface area contributed by atoms with Gasteiger partial charge in [-0.3, -0.25) is 9.69 Å². The van der Waals surface area contributed by atoms with E-state index in [1.807, 2.05) is 11.0 Å². The number of piperazine rings is 1. The van der Waals surface area contributed by atoms with Crippen LogP contribution < -0.4 is 14.8 Å². The van der Waals surface area contributed by atoms with Gasteiger partial charge in [0.2, 0.25) is 0 Å². The van der Waals surface area contributed by atoms with Gasteiger partial charge < -0.3 is 19.7 Å². The number of piperidine rings is 1. The number of rotatable bonds is 5. The summed E-state index contributed by atoms with van der Waals surface area (Å²) in [5.41, 5.74) is 0.657. The summed E-state index contributed by atoms with van der Waals surface area (Å²) in [5, 5.41) is 3.42.